The van der Waals surface area contributed by atoms with Gasteiger partial charge in [-0.25, -0.2) is 8.42 Å². The number of Topliss-reactive ketones (excluding diaryl/α,β-unsaturated/α-hetero) is 1. The molecule has 1 fully saturated rings. The molecule has 0 saturated carbocycles. The summed E-state index contributed by atoms with van der Waals surface area (Å²) in [6.45, 7) is 8.18. The highest BCUT2D eigenvalue weighted by molar-refractivity contribution is 7.89. The maximum atomic E-state index is 12.3. The molecule has 0 spiro atoms. The van der Waals surface area contributed by atoms with E-state index in [9.17, 15) is 13.2 Å². The number of ketones is 1. The molecule has 122 valence electrons. The Hall–Kier alpha value is -1.24. The molecule has 6 heteroatoms. The molecule has 1 saturated heterocycles. The minimum absolute atomic E-state index is 0.0925. The van der Waals surface area contributed by atoms with Gasteiger partial charge in [-0.05, 0) is 38.0 Å². The number of sulfonamides is 1. The second kappa shape index (κ2) is 6.89. The number of carbonyl (C=O) groups is 1. The van der Waals surface area contributed by atoms with E-state index >= 15 is 0 Å². The van der Waals surface area contributed by atoms with E-state index in [2.05, 4.69) is 0 Å². The number of benzene rings is 1. The van der Waals surface area contributed by atoms with Gasteiger partial charge in [0.1, 0.15) is 0 Å². The first-order valence-electron chi connectivity index (χ1n) is 7.64. The average molecular weight is 324 g/mol. The lowest BCUT2D eigenvalue weighted by Gasteiger charge is -2.33. The quantitative estimate of drug-likeness (QED) is 0.769. The van der Waals surface area contributed by atoms with Gasteiger partial charge >= 0.3 is 0 Å². The topological polar surface area (TPSA) is 57.7 Å². The molecule has 0 bridgehead atoms. The Bertz CT molecular complexity index is 647. The molecule has 0 unspecified atom stereocenters. The van der Waals surface area contributed by atoms with E-state index in [1.165, 1.54) is 9.87 Å². The number of carbonyl (C=O) groups excluding carboxylic acids is 1. The predicted octanol–water partition coefficient (Wildman–Crippen LogP) is 1.45. The van der Waals surface area contributed by atoms with Gasteiger partial charge in [-0.1, -0.05) is 12.1 Å². The van der Waals surface area contributed by atoms with Crippen LogP contribution >= 0.6 is 0 Å². The van der Waals surface area contributed by atoms with E-state index in [0.29, 0.717) is 32.7 Å². The highest BCUT2D eigenvalue weighted by Crippen LogP contribution is 2.12. The maximum absolute atomic E-state index is 12.3. The highest BCUT2D eigenvalue weighted by Gasteiger charge is 2.26. The fourth-order valence-corrected chi connectivity index (χ4v) is 3.64. The van der Waals surface area contributed by atoms with Gasteiger partial charge in [0, 0.05) is 31.7 Å². The Balaban J connectivity index is 1.93. The first-order valence-corrected chi connectivity index (χ1v) is 9.25. The SMILES string of the molecule is CCS(=O)(=O)N1CCN(CC(=O)c2ccc(C)c(C)c2)CC1. The predicted molar refractivity (Wildman–Crippen MR) is 87.7 cm³/mol. The molecule has 1 aliphatic rings. The van der Waals surface area contributed by atoms with Gasteiger partial charge in [0.2, 0.25) is 10.0 Å². The van der Waals surface area contributed by atoms with Crippen molar-refractivity contribution < 1.29 is 13.2 Å². The smallest absolute Gasteiger partial charge is 0.213 e. The lowest BCUT2D eigenvalue weighted by molar-refractivity contribution is 0.0901. The molecule has 1 aromatic carbocycles. The molecule has 1 aliphatic heterocycles. The van der Waals surface area contributed by atoms with Gasteiger partial charge in [0.25, 0.3) is 0 Å². The zero-order chi connectivity index (χ0) is 16.3. The van der Waals surface area contributed by atoms with Crippen molar-refractivity contribution in [1.29, 1.82) is 0 Å². The minimum atomic E-state index is -3.11. The fraction of sp³-hybridized carbons (Fsp3) is 0.562. The van der Waals surface area contributed by atoms with Crippen molar-refractivity contribution in [3.63, 3.8) is 0 Å². The van der Waals surface area contributed by atoms with Crippen molar-refractivity contribution in [3.05, 3.63) is 34.9 Å². The molecule has 2 rings (SSSR count). The Labute approximate surface area is 133 Å². The second-order valence-corrected chi connectivity index (χ2v) is 8.06. The summed E-state index contributed by atoms with van der Waals surface area (Å²) in [5, 5.41) is 0. The minimum Gasteiger partial charge on any atom is -0.293 e. The van der Waals surface area contributed by atoms with Gasteiger partial charge < -0.3 is 0 Å². The van der Waals surface area contributed by atoms with Crippen LogP contribution in [0.2, 0.25) is 0 Å². The Morgan fingerprint density at radius 2 is 1.73 bits per heavy atom. The van der Waals surface area contributed by atoms with Gasteiger partial charge in [-0.3, -0.25) is 9.69 Å². The normalized spacial score (nSPS) is 17.6. The summed E-state index contributed by atoms with van der Waals surface area (Å²) in [4.78, 5) is 14.4. The summed E-state index contributed by atoms with van der Waals surface area (Å²) in [6.07, 6.45) is 0. The molecular weight excluding hydrogens is 300 g/mol. The number of rotatable bonds is 5. The zero-order valence-electron chi connectivity index (χ0n) is 13.5. The van der Waals surface area contributed by atoms with Crippen LogP contribution in [0.3, 0.4) is 0 Å². The zero-order valence-corrected chi connectivity index (χ0v) is 14.3. The fourth-order valence-electron chi connectivity index (χ4n) is 2.56. The first kappa shape index (κ1) is 17.1. The summed E-state index contributed by atoms with van der Waals surface area (Å²) >= 11 is 0. The summed E-state index contributed by atoms with van der Waals surface area (Å²) in [7, 11) is -3.11. The first-order chi connectivity index (χ1) is 10.3. The molecular formula is C16H24N2O3S. The van der Waals surface area contributed by atoms with Crippen LogP contribution in [0.5, 0.6) is 0 Å². The van der Waals surface area contributed by atoms with Crippen molar-refractivity contribution in [2.45, 2.75) is 20.8 Å². The molecule has 22 heavy (non-hydrogen) atoms. The van der Waals surface area contributed by atoms with Crippen molar-refractivity contribution in [2.75, 3.05) is 38.5 Å². The Morgan fingerprint density at radius 3 is 2.27 bits per heavy atom. The summed E-state index contributed by atoms with van der Waals surface area (Å²) in [6, 6.07) is 5.76. The monoisotopic (exact) mass is 324 g/mol. The number of aryl methyl sites for hydroxylation is 2. The van der Waals surface area contributed by atoms with Crippen LogP contribution in [0.1, 0.15) is 28.4 Å². The Morgan fingerprint density at radius 1 is 1.09 bits per heavy atom. The van der Waals surface area contributed by atoms with E-state index in [1.807, 2.05) is 36.9 Å². The van der Waals surface area contributed by atoms with Gasteiger partial charge in [0.15, 0.2) is 5.78 Å². The van der Waals surface area contributed by atoms with E-state index < -0.39 is 10.0 Å². The van der Waals surface area contributed by atoms with Crippen LogP contribution in [-0.4, -0.2) is 61.9 Å². The average Bonchev–Trinajstić information content (AvgIpc) is 2.50. The van der Waals surface area contributed by atoms with Crippen molar-refractivity contribution in [3.8, 4) is 0 Å². The van der Waals surface area contributed by atoms with Crippen LogP contribution in [0, 0.1) is 13.8 Å². The van der Waals surface area contributed by atoms with Crippen LogP contribution in [-0.2, 0) is 10.0 Å². The molecule has 1 heterocycles. The van der Waals surface area contributed by atoms with E-state index in [4.69, 9.17) is 0 Å². The van der Waals surface area contributed by atoms with Gasteiger partial charge in [-0.2, -0.15) is 4.31 Å². The van der Waals surface area contributed by atoms with E-state index in [1.54, 1.807) is 6.92 Å². The molecule has 0 radical (unpaired) electrons. The summed E-state index contributed by atoms with van der Waals surface area (Å²) < 4.78 is 25.1. The van der Waals surface area contributed by atoms with Crippen molar-refractivity contribution >= 4 is 15.8 Å². The largest absolute Gasteiger partial charge is 0.293 e. The summed E-state index contributed by atoms with van der Waals surface area (Å²) in [5.41, 5.74) is 3.02. The van der Waals surface area contributed by atoms with Crippen LogP contribution in [0.25, 0.3) is 0 Å². The van der Waals surface area contributed by atoms with Crippen LogP contribution in [0.15, 0.2) is 18.2 Å². The lowest BCUT2D eigenvalue weighted by atomic mass is 10.0. The molecule has 0 atom stereocenters. The van der Waals surface area contributed by atoms with Crippen molar-refractivity contribution in [1.82, 2.24) is 9.21 Å². The molecule has 5 nitrogen and oxygen atoms in total. The molecule has 0 amide bonds. The number of hydrogen-bond acceptors (Lipinski definition) is 4. The van der Waals surface area contributed by atoms with E-state index in [0.717, 1.165) is 11.1 Å². The second-order valence-electron chi connectivity index (χ2n) is 5.80. The molecule has 0 N–H and O–H groups in total. The number of hydrogen-bond donors (Lipinski definition) is 0. The standard InChI is InChI=1S/C16H24N2O3S/c1-4-22(20,21)18-9-7-17(8-10-18)12-16(19)15-6-5-13(2)14(3)11-15/h5-6,11H,4,7-10,12H2,1-3H3. The highest BCUT2D eigenvalue weighted by atomic mass is 32.2. The number of piperazine rings is 1. The molecule has 0 aromatic heterocycles. The molecule has 0 aliphatic carbocycles. The lowest BCUT2D eigenvalue weighted by Crippen LogP contribution is -2.50. The number of nitrogens with zero attached hydrogens (tertiary/aromatic N) is 2. The third-order valence-electron chi connectivity index (χ3n) is 4.29. The van der Waals surface area contributed by atoms with E-state index in [-0.39, 0.29) is 11.5 Å². The molecule has 1 aromatic rings. The summed E-state index contributed by atoms with van der Waals surface area (Å²) in [5.74, 6) is 0.226. The third kappa shape index (κ3) is 3.94. The third-order valence-corrected chi connectivity index (χ3v) is 6.17. The van der Waals surface area contributed by atoms with Crippen LogP contribution in [0.4, 0.5) is 0 Å². The van der Waals surface area contributed by atoms with Gasteiger partial charge in [-0.15, -0.1) is 0 Å². The Kier molecular flexibility index (Phi) is 5.36. The van der Waals surface area contributed by atoms with Crippen LogP contribution < -0.4 is 0 Å². The van der Waals surface area contributed by atoms with Gasteiger partial charge in [0.05, 0.1) is 12.3 Å². The maximum Gasteiger partial charge on any atom is 0.213 e. The van der Waals surface area contributed by atoms with Crippen molar-refractivity contribution in [2.24, 2.45) is 0 Å².